The Kier molecular flexibility index (Phi) is 7.20. The van der Waals surface area contributed by atoms with Crippen LogP contribution in [-0.2, 0) is 9.59 Å². The summed E-state index contributed by atoms with van der Waals surface area (Å²) in [5.74, 6) is -2.03. The third-order valence-corrected chi connectivity index (χ3v) is 4.73. The highest BCUT2D eigenvalue weighted by Gasteiger charge is 2.38. The Morgan fingerprint density at radius 1 is 1.11 bits per heavy atom. The van der Waals surface area contributed by atoms with E-state index in [9.17, 15) is 23.1 Å². The fourth-order valence-corrected chi connectivity index (χ4v) is 3.28. The molecular formula is C18H23F3N2O4. The molecule has 3 rings (SSSR count). The monoisotopic (exact) mass is 388 g/mol. The minimum absolute atomic E-state index is 0.160. The van der Waals surface area contributed by atoms with Crippen molar-refractivity contribution in [3.05, 3.63) is 35.9 Å². The predicted octanol–water partition coefficient (Wildman–Crippen LogP) is 1.75. The van der Waals surface area contributed by atoms with E-state index in [1.54, 1.807) is 0 Å². The quantitative estimate of drug-likeness (QED) is 0.718. The van der Waals surface area contributed by atoms with Crippen molar-refractivity contribution in [1.29, 1.82) is 0 Å². The van der Waals surface area contributed by atoms with Crippen LogP contribution in [0.25, 0.3) is 0 Å². The van der Waals surface area contributed by atoms with Gasteiger partial charge in [0.25, 0.3) is 0 Å². The lowest BCUT2D eigenvalue weighted by molar-refractivity contribution is -0.192. The number of alkyl halides is 3. The first-order valence-electron chi connectivity index (χ1n) is 8.73. The Morgan fingerprint density at radius 2 is 1.67 bits per heavy atom. The molecule has 0 saturated carbocycles. The third kappa shape index (κ3) is 6.21. The molecule has 0 aliphatic carbocycles. The number of hydrogen-bond acceptors (Lipinski definition) is 4. The fraction of sp³-hybridized carbons (Fsp3) is 0.556. The SMILES string of the molecule is O=C(O)C(F)(F)F.O=C([C@@H]1C[C@H](O)CN1)N1CCC(c2ccccc2)CC1. The number of piperidine rings is 1. The summed E-state index contributed by atoms with van der Waals surface area (Å²) in [4.78, 5) is 23.2. The average Bonchev–Trinajstić information content (AvgIpc) is 3.08. The molecule has 0 unspecified atom stereocenters. The zero-order chi connectivity index (χ0) is 20.0. The van der Waals surface area contributed by atoms with Gasteiger partial charge in [0.15, 0.2) is 0 Å². The van der Waals surface area contributed by atoms with Crippen LogP contribution in [0.4, 0.5) is 13.2 Å². The molecule has 1 amide bonds. The molecule has 0 aromatic heterocycles. The maximum atomic E-state index is 12.3. The minimum atomic E-state index is -5.08. The molecule has 9 heteroatoms. The summed E-state index contributed by atoms with van der Waals surface area (Å²) in [6.07, 6.45) is -2.83. The number of benzene rings is 1. The van der Waals surface area contributed by atoms with Crippen LogP contribution < -0.4 is 5.32 Å². The van der Waals surface area contributed by atoms with Crippen LogP contribution in [0, 0.1) is 0 Å². The Hall–Kier alpha value is -2.13. The fourth-order valence-electron chi connectivity index (χ4n) is 3.28. The molecule has 150 valence electrons. The number of carbonyl (C=O) groups is 2. The van der Waals surface area contributed by atoms with Crippen molar-refractivity contribution in [3.8, 4) is 0 Å². The van der Waals surface area contributed by atoms with E-state index in [1.807, 2.05) is 11.0 Å². The number of amides is 1. The first kappa shape index (κ1) is 21.2. The second-order valence-electron chi connectivity index (χ2n) is 6.66. The van der Waals surface area contributed by atoms with Gasteiger partial charge in [-0.15, -0.1) is 0 Å². The number of nitrogens with zero attached hydrogens (tertiary/aromatic N) is 1. The van der Waals surface area contributed by atoms with Gasteiger partial charge >= 0.3 is 12.1 Å². The summed E-state index contributed by atoms with van der Waals surface area (Å²) in [6, 6.07) is 10.4. The maximum absolute atomic E-state index is 12.3. The Balaban J connectivity index is 0.000000321. The number of aliphatic hydroxyl groups is 1. The number of hydrogen-bond donors (Lipinski definition) is 3. The molecule has 2 fully saturated rings. The van der Waals surface area contributed by atoms with Crippen LogP contribution in [0.5, 0.6) is 0 Å². The predicted molar refractivity (Wildman–Crippen MR) is 91.1 cm³/mol. The van der Waals surface area contributed by atoms with Crippen molar-refractivity contribution in [2.75, 3.05) is 19.6 Å². The third-order valence-electron chi connectivity index (χ3n) is 4.73. The lowest BCUT2D eigenvalue weighted by Gasteiger charge is -2.33. The Labute approximate surface area is 155 Å². The first-order valence-corrected chi connectivity index (χ1v) is 8.73. The molecule has 27 heavy (non-hydrogen) atoms. The average molecular weight is 388 g/mol. The molecule has 2 aliphatic rings. The summed E-state index contributed by atoms with van der Waals surface area (Å²) in [5, 5.41) is 19.7. The van der Waals surface area contributed by atoms with Gasteiger partial charge in [0.1, 0.15) is 0 Å². The number of carboxylic acid groups (broad SMARTS) is 1. The van der Waals surface area contributed by atoms with E-state index in [1.165, 1.54) is 5.56 Å². The number of carbonyl (C=O) groups excluding carboxylic acids is 1. The van der Waals surface area contributed by atoms with Crippen LogP contribution in [-0.4, -0.2) is 64.9 Å². The topological polar surface area (TPSA) is 89.9 Å². The van der Waals surface area contributed by atoms with Gasteiger partial charge in [-0.05, 0) is 30.7 Å². The molecule has 2 heterocycles. The second-order valence-corrected chi connectivity index (χ2v) is 6.66. The lowest BCUT2D eigenvalue weighted by atomic mass is 9.89. The maximum Gasteiger partial charge on any atom is 0.490 e. The zero-order valence-corrected chi connectivity index (χ0v) is 14.7. The molecule has 0 radical (unpaired) electrons. The summed E-state index contributed by atoms with van der Waals surface area (Å²) >= 11 is 0. The normalized spacial score (nSPS) is 23.5. The van der Waals surface area contributed by atoms with Crippen molar-refractivity contribution in [2.45, 2.75) is 43.5 Å². The highest BCUT2D eigenvalue weighted by Crippen LogP contribution is 2.28. The molecule has 3 N–H and O–H groups in total. The van der Waals surface area contributed by atoms with Gasteiger partial charge < -0.3 is 20.4 Å². The van der Waals surface area contributed by atoms with Gasteiger partial charge in [-0.1, -0.05) is 30.3 Å². The van der Waals surface area contributed by atoms with Crippen molar-refractivity contribution in [1.82, 2.24) is 10.2 Å². The van der Waals surface area contributed by atoms with Crippen LogP contribution >= 0.6 is 0 Å². The van der Waals surface area contributed by atoms with Crippen molar-refractivity contribution >= 4 is 11.9 Å². The zero-order valence-electron chi connectivity index (χ0n) is 14.7. The van der Waals surface area contributed by atoms with Gasteiger partial charge in [0, 0.05) is 19.6 Å². The number of rotatable bonds is 2. The van der Waals surface area contributed by atoms with E-state index < -0.39 is 12.1 Å². The van der Waals surface area contributed by atoms with Crippen LogP contribution in [0.1, 0.15) is 30.7 Å². The standard InChI is InChI=1S/C16H22N2O2.C2HF3O2/c19-14-10-15(17-11-14)16(20)18-8-6-13(7-9-18)12-4-2-1-3-5-12;3-2(4,5)1(6)7/h1-5,13-15,17,19H,6-11H2;(H,6,7)/t14-,15-;/m0./s1. The number of aliphatic hydroxyl groups excluding tert-OH is 1. The summed E-state index contributed by atoms with van der Waals surface area (Å²) in [7, 11) is 0. The lowest BCUT2D eigenvalue weighted by Crippen LogP contribution is -2.46. The van der Waals surface area contributed by atoms with E-state index in [-0.39, 0.29) is 18.1 Å². The van der Waals surface area contributed by atoms with Gasteiger partial charge in [0.2, 0.25) is 5.91 Å². The molecule has 6 nitrogen and oxygen atoms in total. The number of nitrogens with one attached hydrogen (secondary N) is 1. The highest BCUT2D eigenvalue weighted by atomic mass is 19.4. The molecule has 1 aromatic carbocycles. The van der Waals surface area contributed by atoms with E-state index >= 15 is 0 Å². The Morgan fingerprint density at radius 3 is 2.11 bits per heavy atom. The van der Waals surface area contributed by atoms with Gasteiger partial charge in [-0.2, -0.15) is 13.2 Å². The number of β-amino-alcohol motifs (C(OH)–C–C–N with tert-alkyl or cyclic N) is 1. The Bertz CT molecular complexity index is 631. The van der Waals surface area contributed by atoms with E-state index in [0.717, 1.165) is 25.9 Å². The minimum Gasteiger partial charge on any atom is -0.475 e. The summed E-state index contributed by atoms with van der Waals surface area (Å²) < 4.78 is 31.7. The number of halogens is 3. The van der Waals surface area contributed by atoms with Crippen molar-refractivity contribution in [2.24, 2.45) is 0 Å². The van der Waals surface area contributed by atoms with E-state index in [0.29, 0.717) is 18.9 Å². The molecule has 2 saturated heterocycles. The first-order chi connectivity index (χ1) is 12.7. The highest BCUT2D eigenvalue weighted by molar-refractivity contribution is 5.82. The van der Waals surface area contributed by atoms with Gasteiger partial charge in [-0.3, -0.25) is 4.79 Å². The molecule has 1 aromatic rings. The van der Waals surface area contributed by atoms with E-state index in [2.05, 4.69) is 29.6 Å². The summed E-state index contributed by atoms with van der Waals surface area (Å²) in [5.41, 5.74) is 1.38. The molecule has 0 spiro atoms. The smallest absolute Gasteiger partial charge is 0.475 e. The van der Waals surface area contributed by atoms with Gasteiger partial charge in [0.05, 0.1) is 12.1 Å². The molecule has 2 aliphatic heterocycles. The summed E-state index contributed by atoms with van der Waals surface area (Å²) in [6.45, 7) is 2.19. The molecular weight excluding hydrogens is 365 g/mol. The molecule has 2 atom stereocenters. The van der Waals surface area contributed by atoms with Gasteiger partial charge in [-0.25, -0.2) is 4.79 Å². The van der Waals surface area contributed by atoms with E-state index in [4.69, 9.17) is 9.90 Å². The van der Waals surface area contributed by atoms with Crippen molar-refractivity contribution in [3.63, 3.8) is 0 Å². The van der Waals surface area contributed by atoms with Crippen LogP contribution in [0.2, 0.25) is 0 Å². The molecule has 0 bridgehead atoms. The van der Waals surface area contributed by atoms with Crippen molar-refractivity contribution < 1.29 is 33.0 Å². The second kappa shape index (κ2) is 9.18. The van der Waals surface area contributed by atoms with Crippen LogP contribution in [0.3, 0.4) is 0 Å². The largest absolute Gasteiger partial charge is 0.490 e. The number of aliphatic carboxylic acids is 1. The number of likely N-dealkylation sites (tertiary alicyclic amines) is 1. The van der Waals surface area contributed by atoms with Crippen LogP contribution in [0.15, 0.2) is 30.3 Å². The number of carboxylic acids is 1.